The maximum Gasteiger partial charge on any atom is 0.225 e. The molecule has 29 heavy (non-hydrogen) atoms. The van der Waals surface area contributed by atoms with E-state index < -0.39 is 0 Å². The predicted molar refractivity (Wildman–Crippen MR) is 129 cm³/mol. The molecule has 1 aromatic heterocycles. The first-order valence-corrected chi connectivity index (χ1v) is 10.2. The van der Waals surface area contributed by atoms with Gasteiger partial charge in [0.1, 0.15) is 5.82 Å². The van der Waals surface area contributed by atoms with Crippen molar-refractivity contribution in [3.05, 3.63) is 30.1 Å². The Morgan fingerprint density at radius 1 is 1.34 bits per heavy atom. The van der Waals surface area contributed by atoms with E-state index >= 15 is 0 Å². The zero-order chi connectivity index (χ0) is 20.1. The van der Waals surface area contributed by atoms with Gasteiger partial charge in [-0.15, -0.1) is 24.0 Å². The number of halogens is 1. The molecule has 1 aliphatic heterocycles. The lowest BCUT2D eigenvalue weighted by Gasteiger charge is -2.20. The topological polar surface area (TPSA) is 74.6 Å². The summed E-state index contributed by atoms with van der Waals surface area (Å²) < 4.78 is 2.21. The molecule has 1 fully saturated rings. The summed E-state index contributed by atoms with van der Waals surface area (Å²) in [6.07, 6.45) is 0.953. The Balaban J connectivity index is 0.00000300. The van der Waals surface area contributed by atoms with Gasteiger partial charge in [-0.25, -0.2) is 4.98 Å². The Bertz CT molecular complexity index is 847. The van der Waals surface area contributed by atoms with E-state index in [4.69, 9.17) is 4.99 Å². The van der Waals surface area contributed by atoms with Crippen LogP contribution in [0.3, 0.4) is 0 Å². The number of aliphatic imine (C=N–C) groups is 1. The molecule has 1 atom stereocenters. The third kappa shape index (κ3) is 5.83. The van der Waals surface area contributed by atoms with Crippen LogP contribution in [0.2, 0.25) is 0 Å². The largest absolute Gasteiger partial charge is 0.357 e. The number of rotatable bonds is 6. The third-order valence-electron chi connectivity index (χ3n) is 5.12. The van der Waals surface area contributed by atoms with Crippen molar-refractivity contribution in [3.8, 4) is 0 Å². The van der Waals surface area contributed by atoms with Crippen molar-refractivity contribution in [2.24, 2.45) is 10.9 Å². The fraction of sp³-hybridized carbons (Fsp3) is 0.571. The van der Waals surface area contributed by atoms with Crippen molar-refractivity contribution in [2.45, 2.75) is 46.7 Å². The van der Waals surface area contributed by atoms with Crippen LogP contribution in [0.15, 0.2) is 29.3 Å². The van der Waals surface area contributed by atoms with Gasteiger partial charge in [0, 0.05) is 38.1 Å². The van der Waals surface area contributed by atoms with Crippen molar-refractivity contribution < 1.29 is 4.79 Å². The van der Waals surface area contributed by atoms with Gasteiger partial charge in [0.05, 0.1) is 17.6 Å². The lowest BCUT2D eigenvalue weighted by Crippen LogP contribution is -2.45. The van der Waals surface area contributed by atoms with Gasteiger partial charge in [-0.3, -0.25) is 9.79 Å². The normalized spacial score (nSPS) is 16.9. The van der Waals surface area contributed by atoms with Gasteiger partial charge in [-0.1, -0.05) is 26.0 Å². The van der Waals surface area contributed by atoms with Crippen LogP contribution >= 0.6 is 24.0 Å². The molecule has 8 heteroatoms. The molecule has 2 aromatic rings. The SMILES string of the molecule is CCNC(=NCCn1c(C)nc2ccccc21)NC1CCN(C(=O)C(C)C)C1.I. The number of guanidine groups is 1. The number of hydrogen-bond donors (Lipinski definition) is 2. The van der Waals surface area contributed by atoms with Gasteiger partial charge < -0.3 is 20.1 Å². The molecule has 3 rings (SSSR count). The Morgan fingerprint density at radius 3 is 2.83 bits per heavy atom. The summed E-state index contributed by atoms with van der Waals surface area (Å²) in [5.74, 6) is 2.10. The second kappa shape index (κ2) is 10.8. The second-order valence-electron chi connectivity index (χ2n) is 7.63. The predicted octanol–water partition coefficient (Wildman–Crippen LogP) is 2.77. The molecule has 0 spiro atoms. The van der Waals surface area contributed by atoms with Crippen molar-refractivity contribution in [2.75, 3.05) is 26.2 Å². The van der Waals surface area contributed by atoms with E-state index in [-0.39, 0.29) is 41.8 Å². The Hall–Kier alpha value is -1.84. The van der Waals surface area contributed by atoms with Crippen LogP contribution in [-0.2, 0) is 11.3 Å². The molecule has 7 nitrogen and oxygen atoms in total. The third-order valence-corrected chi connectivity index (χ3v) is 5.12. The summed E-state index contributed by atoms with van der Waals surface area (Å²) in [4.78, 5) is 23.5. The molecule has 2 heterocycles. The molecule has 0 aliphatic carbocycles. The van der Waals surface area contributed by atoms with Gasteiger partial charge in [0.25, 0.3) is 0 Å². The molecule has 160 valence electrons. The zero-order valence-corrected chi connectivity index (χ0v) is 20.1. The number of aryl methyl sites for hydroxylation is 1. The minimum Gasteiger partial charge on any atom is -0.357 e. The molecule has 1 unspecified atom stereocenters. The number of benzene rings is 1. The van der Waals surface area contributed by atoms with Crippen LogP contribution in [0.5, 0.6) is 0 Å². The highest BCUT2D eigenvalue weighted by Gasteiger charge is 2.27. The first-order valence-electron chi connectivity index (χ1n) is 10.2. The molecule has 0 radical (unpaired) electrons. The molecular formula is C21H33IN6O. The summed E-state index contributed by atoms with van der Waals surface area (Å²) >= 11 is 0. The van der Waals surface area contributed by atoms with Crippen molar-refractivity contribution in [3.63, 3.8) is 0 Å². The number of nitrogens with one attached hydrogen (secondary N) is 2. The number of amides is 1. The van der Waals surface area contributed by atoms with E-state index in [0.29, 0.717) is 6.54 Å². The molecule has 2 N–H and O–H groups in total. The number of fused-ring (bicyclic) bond motifs is 1. The van der Waals surface area contributed by atoms with E-state index in [0.717, 1.165) is 55.4 Å². The Kier molecular flexibility index (Phi) is 8.73. The number of imidazole rings is 1. The molecule has 1 aliphatic rings. The Morgan fingerprint density at radius 2 is 2.10 bits per heavy atom. The highest BCUT2D eigenvalue weighted by Crippen LogP contribution is 2.15. The number of carbonyl (C=O) groups is 1. The summed E-state index contributed by atoms with van der Waals surface area (Å²) in [6.45, 7) is 11.8. The number of aromatic nitrogens is 2. The number of hydrogen-bond acceptors (Lipinski definition) is 3. The van der Waals surface area contributed by atoms with Crippen molar-refractivity contribution in [1.82, 2.24) is 25.1 Å². The lowest BCUT2D eigenvalue weighted by molar-refractivity contribution is -0.133. The quantitative estimate of drug-likeness (QED) is 0.355. The number of likely N-dealkylation sites (tertiary alicyclic amines) is 1. The minimum atomic E-state index is 0. The van der Waals surface area contributed by atoms with Crippen LogP contribution in [0.4, 0.5) is 0 Å². The summed E-state index contributed by atoms with van der Waals surface area (Å²) in [5, 5.41) is 6.81. The molecule has 1 amide bonds. The number of carbonyl (C=O) groups excluding carboxylic acids is 1. The zero-order valence-electron chi connectivity index (χ0n) is 17.8. The van der Waals surface area contributed by atoms with Crippen LogP contribution < -0.4 is 10.6 Å². The summed E-state index contributed by atoms with van der Waals surface area (Å²) in [6, 6.07) is 8.44. The maximum absolute atomic E-state index is 12.2. The average Bonchev–Trinajstić information content (AvgIpc) is 3.25. The summed E-state index contributed by atoms with van der Waals surface area (Å²) in [7, 11) is 0. The molecule has 1 saturated heterocycles. The smallest absolute Gasteiger partial charge is 0.225 e. The maximum atomic E-state index is 12.2. The van der Waals surface area contributed by atoms with E-state index in [9.17, 15) is 4.79 Å². The lowest BCUT2D eigenvalue weighted by atomic mass is 10.2. The van der Waals surface area contributed by atoms with E-state index in [1.807, 2.05) is 43.9 Å². The minimum absolute atomic E-state index is 0. The monoisotopic (exact) mass is 512 g/mol. The van der Waals surface area contributed by atoms with E-state index in [1.54, 1.807) is 0 Å². The van der Waals surface area contributed by atoms with E-state index in [2.05, 4.69) is 33.2 Å². The number of para-hydroxylation sites is 2. The fourth-order valence-corrected chi connectivity index (χ4v) is 3.70. The fourth-order valence-electron chi connectivity index (χ4n) is 3.70. The molecule has 0 saturated carbocycles. The Labute approximate surface area is 190 Å². The first kappa shape index (κ1) is 23.4. The van der Waals surface area contributed by atoms with Gasteiger partial charge >= 0.3 is 0 Å². The highest BCUT2D eigenvalue weighted by molar-refractivity contribution is 14.0. The standard InChI is InChI=1S/C21H32N6O.HI/c1-5-22-21(25-17-10-12-26(14-17)20(28)15(2)3)23-11-13-27-16(4)24-18-8-6-7-9-19(18)27;/h6-9,15,17H,5,10-14H2,1-4H3,(H2,22,23,25);1H. The molecule has 1 aromatic carbocycles. The van der Waals surface area contributed by atoms with Crippen LogP contribution in [-0.4, -0.2) is 58.5 Å². The van der Waals surface area contributed by atoms with Gasteiger partial charge in [0.2, 0.25) is 5.91 Å². The van der Waals surface area contributed by atoms with Gasteiger partial charge in [-0.2, -0.15) is 0 Å². The molecular weight excluding hydrogens is 479 g/mol. The van der Waals surface area contributed by atoms with Crippen LogP contribution in [0.25, 0.3) is 11.0 Å². The molecule has 0 bridgehead atoms. The van der Waals surface area contributed by atoms with Gasteiger partial charge in [-0.05, 0) is 32.4 Å². The average molecular weight is 512 g/mol. The van der Waals surface area contributed by atoms with E-state index in [1.165, 1.54) is 0 Å². The van der Waals surface area contributed by atoms with Gasteiger partial charge in [0.15, 0.2) is 5.96 Å². The van der Waals surface area contributed by atoms with Crippen molar-refractivity contribution in [1.29, 1.82) is 0 Å². The summed E-state index contributed by atoms with van der Waals surface area (Å²) in [5.41, 5.74) is 2.17. The van der Waals surface area contributed by atoms with Crippen LogP contribution in [0, 0.1) is 12.8 Å². The van der Waals surface area contributed by atoms with Crippen LogP contribution in [0.1, 0.15) is 33.0 Å². The first-order chi connectivity index (χ1) is 13.5. The highest BCUT2D eigenvalue weighted by atomic mass is 127. The second-order valence-corrected chi connectivity index (χ2v) is 7.63. The van der Waals surface area contributed by atoms with Crippen molar-refractivity contribution >= 4 is 46.9 Å². The number of nitrogens with zero attached hydrogens (tertiary/aromatic N) is 4.